The van der Waals surface area contributed by atoms with Crippen LogP contribution in [0.3, 0.4) is 0 Å². The van der Waals surface area contributed by atoms with E-state index in [1.54, 1.807) is 32.0 Å². The molecule has 0 aliphatic rings. The minimum Gasteiger partial charge on any atom is -0.324 e. The van der Waals surface area contributed by atoms with Crippen molar-refractivity contribution < 1.29 is 13.2 Å². The summed E-state index contributed by atoms with van der Waals surface area (Å²) in [5.74, 6) is -0.408. The van der Waals surface area contributed by atoms with Gasteiger partial charge in [0.05, 0.1) is 4.90 Å². The SMILES string of the molecule is Cc1ccc(C)c(NC(=O)Cn2c(C)cc(C)c(S(=O)(=O)c3ccc(Br)cc3)c2=O)c1. The lowest BCUT2D eigenvalue weighted by atomic mass is 10.1. The molecule has 0 saturated heterocycles. The Balaban J connectivity index is 2.01. The number of rotatable bonds is 5. The number of sulfone groups is 1. The standard InChI is InChI=1S/C23H23BrN2O4S/c1-14-5-6-15(2)20(11-14)25-21(27)13-26-17(4)12-16(3)22(23(26)28)31(29,30)19-9-7-18(24)8-10-19/h5-12H,13H2,1-4H3,(H,25,27). The van der Waals surface area contributed by atoms with Gasteiger partial charge in [-0.3, -0.25) is 9.59 Å². The maximum absolute atomic E-state index is 13.2. The van der Waals surface area contributed by atoms with Gasteiger partial charge in [-0.15, -0.1) is 0 Å². The molecule has 1 N–H and O–H groups in total. The molecular weight excluding hydrogens is 480 g/mol. The van der Waals surface area contributed by atoms with E-state index in [0.29, 0.717) is 16.9 Å². The van der Waals surface area contributed by atoms with Crippen molar-refractivity contribution in [2.24, 2.45) is 0 Å². The fraction of sp³-hybridized carbons (Fsp3) is 0.217. The summed E-state index contributed by atoms with van der Waals surface area (Å²) in [6, 6.07) is 13.4. The van der Waals surface area contributed by atoms with E-state index in [9.17, 15) is 18.0 Å². The molecular formula is C23H23BrN2O4S. The van der Waals surface area contributed by atoms with Gasteiger partial charge in [0, 0.05) is 15.9 Å². The van der Waals surface area contributed by atoms with Crippen molar-refractivity contribution in [2.45, 2.75) is 44.0 Å². The summed E-state index contributed by atoms with van der Waals surface area (Å²) in [7, 11) is -4.05. The second kappa shape index (κ2) is 8.80. The number of anilines is 1. The zero-order valence-corrected chi connectivity index (χ0v) is 20.1. The molecule has 3 rings (SSSR count). The predicted octanol–water partition coefficient (Wildman–Crippen LogP) is 4.32. The first-order valence-corrected chi connectivity index (χ1v) is 11.9. The Morgan fingerprint density at radius 3 is 2.26 bits per heavy atom. The van der Waals surface area contributed by atoms with Crippen molar-refractivity contribution in [3.8, 4) is 0 Å². The highest BCUT2D eigenvalue weighted by molar-refractivity contribution is 9.10. The number of aromatic nitrogens is 1. The molecule has 1 amide bonds. The van der Waals surface area contributed by atoms with Gasteiger partial charge < -0.3 is 9.88 Å². The summed E-state index contributed by atoms with van der Waals surface area (Å²) >= 11 is 3.28. The van der Waals surface area contributed by atoms with Crippen LogP contribution >= 0.6 is 15.9 Å². The van der Waals surface area contributed by atoms with Crippen LogP contribution in [-0.2, 0) is 21.2 Å². The van der Waals surface area contributed by atoms with Crippen molar-refractivity contribution >= 4 is 37.4 Å². The molecule has 8 heteroatoms. The molecule has 2 aromatic carbocycles. The molecule has 0 aliphatic carbocycles. The lowest BCUT2D eigenvalue weighted by Gasteiger charge is -2.15. The number of halogens is 1. The average Bonchev–Trinajstić information content (AvgIpc) is 2.68. The Morgan fingerprint density at radius 2 is 1.61 bits per heavy atom. The van der Waals surface area contributed by atoms with Crippen molar-refractivity contribution in [1.82, 2.24) is 4.57 Å². The van der Waals surface area contributed by atoms with Gasteiger partial charge in [-0.25, -0.2) is 8.42 Å². The summed E-state index contributed by atoms with van der Waals surface area (Å²) in [6.07, 6.45) is 0. The van der Waals surface area contributed by atoms with Crippen LogP contribution in [0, 0.1) is 27.7 Å². The normalized spacial score (nSPS) is 11.4. The number of nitrogens with one attached hydrogen (secondary N) is 1. The Bertz CT molecular complexity index is 1330. The van der Waals surface area contributed by atoms with E-state index in [1.807, 2.05) is 32.0 Å². The molecule has 31 heavy (non-hydrogen) atoms. The van der Waals surface area contributed by atoms with Gasteiger partial charge in [0.2, 0.25) is 15.7 Å². The molecule has 3 aromatic rings. The summed E-state index contributed by atoms with van der Waals surface area (Å²) < 4.78 is 28.3. The number of aryl methyl sites for hydroxylation is 4. The molecule has 0 bridgehead atoms. The van der Waals surface area contributed by atoms with Gasteiger partial charge >= 0.3 is 0 Å². The summed E-state index contributed by atoms with van der Waals surface area (Å²) in [6.45, 7) is 6.77. The minimum atomic E-state index is -4.05. The summed E-state index contributed by atoms with van der Waals surface area (Å²) in [4.78, 5) is 25.6. The third kappa shape index (κ3) is 4.80. The van der Waals surface area contributed by atoms with Crippen LogP contribution in [0.5, 0.6) is 0 Å². The van der Waals surface area contributed by atoms with Gasteiger partial charge in [-0.05, 0) is 80.8 Å². The maximum Gasteiger partial charge on any atom is 0.270 e. The van der Waals surface area contributed by atoms with Crippen LogP contribution in [0.2, 0.25) is 0 Å². The molecule has 0 fully saturated rings. The number of benzene rings is 2. The smallest absolute Gasteiger partial charge is 0.270 e. The zero-order chi connectivity index (χ0) is 22.9. The van der Waals surface area contributed by atoms with E-state index in [2.05, 4.69) is 21.2 Å². The molecule has 6 nitrogen and oxygen atoms in total. The Morgan fingerprint density at radius 1 is 0.968 bits per heavy atom. The van der Waals surface area contributed by atoms with Crippen molar-refractivity contribution in [2.75, 3.05) is 5.32 Å². The fourth-order valence-electron chi connectivity index (χ4n) is 3.37. The maximum atomic E-state index is 13.2. The van der Waals surface area contributed by atoms with Gasteiger partial charge in [0.15, 0.2) is 0 Å². The second-order valence-electron chi connectivity index (χ2n) is 7.51. The zero-order valence-electron chi connectivity index (χ0n) is 17.7. The summed E-state index contributed by atoms with van der Waals surface area (Å²) in [5.41, 5.74) is 2.69. The van der Waals surface area contributed by atoms with Gasteiger partial charge in [0.1, 0.15) is 11.4 Å². The van der Waals surface area contributed by atoms with Gasteiger partial charge in [-0.1, -0.05) is 28.1 Å². The molecule has 0 unspecified atom stereocenters. The van der Waals surface area contributed by atoms with Gasteiger partial charge in [0.25, 0.3) is 5.56 Å². The minimum absolute atomic E-state index is 0.0196. The van der Waals surface area contributed by atoms with E-state index in [-0.39, 0.29) is 16.3 Å². The lowest BCUT2D eigenvalue weighted by Crippen LogP contribution is -2.33. The number of carbonyl (C=O) groups is 1. The van der Waals surface area contributed by atoms with E-state index in [0.717, 1.165) is 15.6 Å². The van der Waals surface area contributed by atoms with Crippen LogP contribution < -0.4 is 10.9 Å². The second-order valence-corrected chi connectivity index (χ2v) is 10.3. The molecule has 0 aliphatic heterocycles. The van der Waals surface area contributed by atoms with Crippen LogP contribution in [0.25, 0.3) is 0 Å². The van der Waals surface area contributed by atoms with Crippen molar-refractivity contribution in [1.29, 1.82) is 0 Å². The lowest BCUT2D eigenvalue weighted by molar-refractivity contribution is -0.116. The molecule has 1 heterocycles. The average molecular weight is 503 g/mol. The van der Waals surface area contributed by atoms with Crippen LogP contribution in [0.1, 0.15) is 22.4 Å². The summed E-state index contributed by atoms with van der Waals surface area (Å²) in [5, 5.41) is 2.81. The monoisotopic (exact) mass is 502 g/mol. The molecule has 0 atom stereocenters. The number of carbonyl (C=O) groups excluding carboxylic acids is 1. The third-order valence-electron chi connectivity index (χ3n) is 5.01. The highest BCUT2D eigenvalue weighted by Gasteiger charge is 2.26. The Kier molecular flexibility index (Phi) is 6.52. The van der Waals surface area contributed by atoms with E-state index in [1.165, 1.54) is 16.7 Å². The van der Waals surface area contributed by atoms with Crippen LogP contribution in [-0.4, -0.2) is 18.9 Å². The Hall–Kier alpha value is -2.71. The number of hydrogen-bond acceptors (Lipinski definition) is 4. The third-order valence-corrected chi connectivity index (χ3v) is 7.47. The molecule has 162 valence electrons. The molecule has 0 spiro atoms. The Labute approximate surface area is 190 Å². The number of nitrogens with zero attached hydrogens (tertiary/aromatic N) is 1. The highest BCUT2D eigenvalue weighted by atomic mass is 79.9. The predicted molar refractivity (Wildman–Crippen MR) is 124 cm³/mol. The largest absolute Gasteiger partial charge is 0.324 e. The van der Waals surface area contributed by atoms with E-state index in [4.69, 9.17) is 0 Å². The first-order chi connectivity index (χ1) is 14.5. The first kappa shape index (κ1) is 23.0. The molecule has 0 radical (unpaired) electrons. The first-order valence-electron chi connectivity index (χ1n) is 9.59. The van der Waals surface area contributed by atoms with Crippen molar-refractivity contribution in [3.05, 3.63) is 85.7 Å². The highest BCUT2D eigenvalue weighted by Crippen LogP contribution is 2.23. The van der Waals surface area contributed by atoms with Crippen molar-refractivity contribution in [3.63, 3.8) is 0 Å². The van der Waals surface area contributed by atoms with Crippen LogP contribution in [0.4, 0.5) is 5.69 Å². The fourth-order valence-corrected chi connectivity index (χ4v) is 5.18. The van der Waals surface area contributed by atoms with Gasteiger partial charge in [-0.2, -0.15) is 0 Å². The van der Waals surface area contributed by atoms with E-state index >= 15 is 0 Å². The number of amides is 1. The number of hydrogen-bond donors (Lipinski definition) is 1. The molecule has 1 aromatic heterocycles. The quantitative estimate of drug-likeness (QED) is 0.562. The number of pyridine rings is 1. The molecule has 0 saturated carbocycles. The topological polar surface area (TPSA) is 85.2 Å². The van der Waals surface area contributed by atoms with Crippen LogP contribution in [0.15, 0.2) is 67.6 Å². The van der Waals surface area contributed by atoms with E-state index < -0.39 is 21.3 Å².